The molecule has 390 valence electrons. The van der Waals surface area contributed by atoms with Crippen LogP contribution in [0.5, 0.6) is 34.5 Å². The summed E-state index contributed by atoms with van der Waals surface area (Å²) in [6.07, 6.45) is 0. The van der Waals surface area contributed by atoms with Gasteiger partial charge in [-0.15, -0.1) is 0 Å². The van der Waals surface area contributed by atoms with Crippen LogP contribution in [0.3, 0.4) is 0 Å². The molecule has 0 saturated heterocycles. The summed E-state index contributed by atoms with van der Waals surface area (Å²) in [6, 6.07) is 71.3. The van der Waals surface area contributed by atoms with Crippen LogP contribution in [0.2, 0.25) is 0 Å². The summed E-state index contributed by atoms with van der Waals surface area (Å²) in [5.74, 6) is 2.03. The molecule has 0 amide bonds. The predicted octanol–water partition coefficient (Wildman–Crippen LogP) is 16.3. The second-order valence-corrected chi connectivity index (χ2v) is 19.1. The first-order valence-electron chi connectivity index (χ1n) is 25.5. The Balaban J connectivity index is 0.000000174. The van der Waals surface area contributed by atoms with Crippen LogP contribution < -0.4 is 0 Å². The first-order chi connectivity index (χ1) is 37.0. The van der Waals surface area contributed by atoms with Gasteiger partial charge in [-0.05, 0) is 165 Å². The Morgan fingerprint density at radius 1 is 0.247 bits per heavy atom. The van der Waals surface area contributed by atoms with E-state index in [-0.39, 0.29) is 52.0 Å². The van der Waals surface area contributed by atoms with Crippen LogP contribution in [0.15, 0.2) is 237 Å². The predicted molar refractivity (Wildman–Crippen MR) is 312 cm³/mol. The summed E-state index contributed by atoms with van der Waals surface area (Å²) in [6.45, 7) is 12.6. The van der Waals surface area contributed by atoms with Crippen molar-refractivity contribution in [3.8, 4) is 34.5 Å². The first-order valence-corrected chi connectivity index (χ1v) is 25.5. The molecular weight excluding hydrogens is 957 g/mol. The molecule has 6 N–H and O–H groups in total. The van der Waals surface area contributed by atoms with E-state index in [0.29, 0.717) is 23.0 Å². The molecule has 0 aliphatic carbocycles. The maximum absolute atomic E-state index is 11.9. The average Bonchev–Trinajstić information content (AvgIpc) is 3.45. The SMILES string of the molecule is CC(C)C(=C(c1ccc(O)cc1)c1ccc(O)cc1)c1ccccc1.CC(C)C(=C(c1ccc(O)cc1)c1ccc(O)cc1)c1ccccc1.CC(C)C(=O)c1ccccc1.O=C(c1ccc(O)cc1)c1ccc(O)cc1. The Morgan fingerprint density at radius 3 is 0.662 bits per heavy atom. The summed E-state index contributed by atoms with van der Waals surface area (Å²) < 4.78 is 0. The summed E-state index contributed by atoms with van der Waals surface area (Å²) in [4.78, 5) is 23.3. The molecular formula is C69H66O8. The Labute approximate surface area is 452 Å². The summed E-state index contributed by atoms with van der Waals surface area (Å²) in [5.41, 5.74) is 13.0. The highest BCUT2D eigenvalue weighted by molar-refractivity contribution is 6.09. The molecule has 0 aromatic heterocycles. The molecule has 77 heavy (non-hydrogen) atoms. The molecule has 8 nitrogen and oxygen atoms in total. The van der Waals surface area contributed by atoms with Crippen LogP contribution in [0.25, 0.3) is 22.3 Å². The van der Waals surface area contributed by atoms with Gasteiger partial charge in [0.05, 0.1) is 0 Å². The van der Waals surface area contributed by atoms with Crippen molar-refractivity contribution in [2.75, 3.05) is 0 Å². The van der Waals surface area contributed by atoms with E-state index in [2.05, 4.69) is 52.0 Å². The normalized spacial score (nSPS) is 10.5. The largest absolute Gasteiger partial charge is 0.508 e. The van der Waals surface area contributed by atoms with E-state index in [9.17, 15) is 30.0 Å². The first kappa shape index (κ1) is 56.9. The maximum Gasteiger partial charge on any atom is 0.193 e. The van der Waals surface area contributed by atoms with Crippen molar-refractivity contribution in [1.29, 1.82) is 0 Å². The van der Waals surface area contributed by atoms with Crippen molar-refractivity contribution < 1.29 is 40.2 Å². The quantitative estimate of drug-likeness (QED) is 0.0522. The number of allylic oxidation sites excluding steroid dienone is 2. The number of benzene rings is 9. The fraction of sp³-hybridized carbons (Fsp3) is 0.130. The zero-order valence-electron chi connectivity index (χ0n) is 44.2. The van der Waals surface area contributed by atoms with Gasteiger partial charge >= 0.3 is 0 Å². The molecule has 0 saturated carbocycles. The van der Waals surface area contributed by atoms with Crippen molar-refractivity contribution in [2.24, 2.45) is 17.8 Å². The lowest BCUT2D eigenvalue weighted by Crippen LogP contribution is -2.06. The Hall–Kier alpha value is -9.40. The van der Waals surface area contributed by atoms with E-state index < -0.39 is 0 Å². The van der Waals surface area contributed by atoms with Gasteiger partial charge in [0, 0.05) is 22.6 Å². The summed E-state index contributed by atoms with van der Waals surface area (Å²) >= 11 is 0. The Kier molecular flexibility index (Phi) is 20.5. The smallest absolute Gasteiger partial charge is 0.193 e. The topological polar surface area (TPSA) is 156 Å². The average molecular weight is 1020 g/mol. The molecule has 9 aromatic carbocycles. The van der Waals surface area contributed by atoms with Crippen LogP contribution in [0, 0.1) is 17.8 Å². The number of phenols is 6. The maximum atomic E-state index is 11.9. The van der Waals surface area contributed by atoms with Crippen LogP contribution in [-0.2, 0) is 0 Å². The molecule has 0 atom stereocenters. The number of rotatable bonds is 12. The molecule has 0 bridgehead atoms. The molecule has 8 heteroatoms. The Bertz CT molecular complexity index is 3030. The van der Waals surface area contributed by atoms with E-state index in [4.69, 9.17) is 10.2 Å². The van der Waals surface area contributed by atoms with Crippen LogP contribution in [0.4, 0.5) is 0 Å². The highest BCUT2D eigenvalue weighted by atomic mass is 16.3. The van der Waals surface area contributed by atoms with Crippen molar-refractivity contribution in [3.05, 3.63) is 287 Å². The van der Waals surface area contributed by atoms with Crippen LogP contribution in [-0.4, -0.2) is 42.2 Å². The molecule has 0 aliphatic heterocycles. The van der Waals surface area contributed by atoms with Gasteiger partial charge in [0.1, 0.15) is 34.5 Å². The minimum absolute atomic E-state index is 0.0948. The number of phenolic OH excluding ortho intramolecular Hbond substituents is 6. The van der Waals surface area contributed by atoms with Crippen LogP contribution >= 0.6 is 0 Å². The highest BCUT2D eigenvalue weighted by Gasteiger charge is 2.19. The van der Waals surface area contributed by atoms with E-state index in [1.807, 2.05) is 129 Å². The number of hydrogen-bond acceptors (Lipinski definition) is 8. The zero-order valence-corrected chi connectivity index (χ0v) is 44.2. The molecule has 0 spiro atoms. The number of Topliss-reactive ketones (excluding diaryl/α,β-unsaturated/α-hetero) is 1. The lowest BCUT2D eigenvalue weighted by Gasteiger charge is -2.20. The van der Waals surface area contributed by atoms with Gasteiger partial charge in [-0.3, -0.25) is 9.59 Å². The van der Waals surface area contributed by atoms with Crippen molar-refractivity contribution in [1.82, 2.24) is 0 Å². The van der Waals surface area contributed by atoms with E-state index >= 15 is 0 Å². The number of hydrogen-bond donors (Lipinski definition) is 6. The monoisotopic (exact) mass is 1020 g/mol. The molecule has 0 aliphatic rings. The fourth-order valence-electron chi connectivity index (χ4n) is 8.56. The van der Waals surface area contributed by atoms with E-state index in [1.165, 1.54) is 46.5 Å². The minimum atomic E-state index is -0.139. The molecule has 9 rings (SSSR count). The van der Waals surface area contributed by atoms with Crippen molar-refractivity contribution in [3.63, 3.8) is 0 Å². The zero-order chi connectivity index (χ0) is 55.4. The Morgan fingerprint density at radius 2 is 0.455 bits per heavy atom. The van der Waals surface area contributed by atoms with Crippen molar-refractivity contribution >= 4 is 33.9 Å². The fourth-order valence-corrected chi connectivity index (χ4v) is 8.56. The van der Waals surface area contributed by atoms with E-state index in [0.717, 1.165) is 39.0 Å². The molecule has 0 heterocycles. The van der Waals surface area contributed by atoms with Gasteiger partial charge in [-0.1, -0.05) is 181 Å². The molecule has 9 aromatic rings. The second kappa shape index (κ2) is 27.8. The van der Waals surface area contributed by atoms with E-state index in [1.54, 1.807) is 72.8 Å². The number of carbonyl (C=O) groups is 2. The number of ketones is 2. The van der Waals surface area contributed by atoms with Crippen LogP contribution in [0.1, 0.15) is 101 Å². The van der Waals surface area contributed by atoms with Gasteiger partial charge in [-0.2, -0.15) is 0 Å². The third-order valence-electron chi connectivity index (χ3n) is 12.3. The lowest BCUT2D eigenvalue weighted by atomic mass is 9.84. The number of carbonyl (C=O) groups excluding carboxylic acids is 2. The standard InChI is InChI=1S/2C23H22O2.C13H10O3.C10H12O/c2*1-16(2)22(17-6-4-3-5-7-17)23(18-8-12-20(24)13-9-18)19-10-14-21(25)15-11-19;14-11-5-1-9(2-6-11)13(16)10-3-7-12(15)8-4-10;1-8(2)10(11)9-6-4-3-5-7-9/h2*3-16,24-25H,1-2H3;1-8,14-15H;3-8H,1-2H3. The lowest BCUT2D eigenvalue weighted by molar-refractivity contribution is 0.0938. The minimum Gasteiger partial charge on any atom is -0.508 e. The molecule has 0 unspecified atom stereocenters. The second-order valence-electron chi connectivity index (χ2n) is 19.1. The third kappa shape index (κ3) is 16.3. The number of aromatic hydroxyl groups is 6. The van der Waals surface area contributed by atoms with Gasteiger partial charge in [-0.25, -0.2) is 0 Å². The highest BCUT2D eigenvalue weighted by Crippen LogP contribution is 2.39. The summed E-state index contributed by atoms with van der Waals surface area (Å²) in [7, 11) is 0. The third-order valence-corrected chi connectivity index (χ3v) is 12.3. The molecule has 0 radical (unpaired) electrons. The molecule has 0 fully saturated rings. The van der Waals surface area contributed by atoms with Gasteiger partial charge in [0.2, 0.25) is 0 Å². The summed E-state index contributed by atoms with van der Waals surface area (Å²) in [5, 5.41) is 56.8. The van der Waals surface area contributed by atoms with Gasteiger partial charge in [0.25, 0.3) is 0 Å². The van der Waals surface area contributed by atoms with Crippen molar-refractivity contribution in [2.45, 2.75) is 41.5 Å². The van der Waals surface area contributed by atoms with Gasteiger partial charge in [0.15, 0.2) is 11.6 Å². The van der Waals surface area contributed by atoms with Gasteiger partial charge < -0.3 is 30.6 Å².